The molecule has 9 nitrogen and oxygen atoms in total. The molecule has 1 aromatic rings. The number of aromatic nitrogens is 2. The minimum atomic E-state index is -3.26. The van der Waals surface area contributed by atoms with Crippen molar-refractivity contribution in [1.82, 2.24) is 9.55 Å². The highest BCUT2D eigenvalue weighted by atomic mass is 32.5. The number of rotatable bonds is 5. The van der Waals surface area contributed by atoms with E-state index in [1.165, 1.54) is 11.7 Å². The third-order valence-corrected chi connectivity index (χ3v) is 4.75. The Morgan fingerprint density at radius 1 is 1.64 bits per heavy atom. The molecular weight excluding hydrogens is 333 g/mol. The highest BCUT2D eigenvalue weighted by Crippen LogP contribution is 2.42. The van der Waals surface area contributed by atoms with Crippen LogP contribution in [-0.4, -0.2) is 47.5 Å². The van der Waals surface area contributed by atoms with Crippen molar-refractivity contribution >= 4 is 24.3 Å². The second-order valence-corrected chi connectivity index (χ2v) is 7.64. The van der Waals surface area contributed by atoms with Crippen LogP contribution in [0, 0.1) is 6.92 Å². The van der Waals surface area contributed by atoms with Crippen molar-refractivity contribution in [3.05, 3.63) is 22.2 Å². The largest absolute Gasteiger partial charge is 0.383 e. The van der Waals surface area contributed by atoms with E-state index in [0.29, 0.717) is 5.56 Å². The van der Waals surface area contributed by atoms with Crippen molar-refractivity contribution in [2.24, 2.45) is 0 Å². The van der Waals surface area contributed by atoms with E-state index in [2.05, 4.69) is 9.51 Å². The van der Waals surface area contributed by atoms with Crippen molar-refractivity contribution in [3.63, 3.8) is 0 Å². The summed E-state index contributed by atoms with van der Waals surface area (Å²) in [5.74, 6) is 0.180. The van der Waals surface area contributed by atoms with Crippen LogP contribution in [0.3, 0.4) is 0 Å². The van der Waals surface area contributed by atoms with Crippen LogP contribution in [0.4, 0.5) is 5.82 Å². The molecule has 22 heavy (non-hydrogen) atoms. The number of aryl methyl sites for hydroxylation is 1. The number of nitrogens with zero attached hydrogens (tertiary/aromatic N) is 2. The van der Waals surface area contributed by atoms with Gasteiger partial charge in [0.05, 0.1) is 19.8 Å². The summed E-state index contributed by atoms with van der Waals surface area (Å²) >= 11 is 4.73. The van der Waals surface area contributed by atoms with E-state index in [9.17, 15) is 9.69 Å². The molecule has 0 saturated carbocycles. The zero-order valence-electron chi connectivity index (χ0n) is 12.2. The van der Waals surface area contributed by atoms with Crippen LogP contribution in [0.2, 0.25) is 0 Å². The van der Waals surface area contributed by atoms with Gasteiger partial charge in [-0.1, -0.05) is 0 Å². The lowest BCUT2D eigenvalue weighted by molar-refractivity contribution is -0.178. The van der Waals surface area contributed by atoms with Crippen molar-refractivity contribution in [2.75, 3.05) is 32.7 Å². The van der Waals surface area contributed by atoms with Gasteiger partial charge >= 0.3 is 12.4 Å². The fourth-order valence-corrected chi connectivity index (χ4v) is 2.49. The summed E-state index contributed by atoms with van der Waals surface area (Å²) in [6, 6.07) is 0. The van der Waals surface area contributed by atoms with E-state index in [-0.39, 0.29) is 25.6 Å². The first-order valence-electron chi connectivity index (χ1n) is 6.44. The summed E-state index contributed by atoms with van der Waals surface area (Å²) in [7, 11) is 1.27. The van der Waals surface area contributed by atoms with Crippen LogP contribution in [0.15, 0.2) is 11.0 Å². The van der Waals surface area contributed by atoms with Crippen LogP contribution < -0.4 is 11.4 Å². The SMILES string of the molecule is COP(O)(=S)OCC1COC[C@H](n2cc(C)c(N)nc2=O)O1. The predicted molar refractivity (Wildman–Crippen MR) is 81.8 cm³/mol. The van der Waals surface area contributed by atoms with Crippen molar-refractivity contribution < 1.29 is 23.4 Å². The Hall–Kier alpha value is -0.870. The Balaban J connectivity index is 2.06. The highest BCUT2D eigenvalue weighted by molar-refractivity contribution is 8.07. The third-order valence-electron chi connectivity index (χ3n) is 3.05. The van der Waals surface area contributed by atoms with Crippen LogP contribution >= 0.6 is 6.72 Å². The molecule has 0 aliphatic carbocycles. The maximum atomic E-state index is 11.9. The normalized spacial score (nSPS) is 24.9. The van der Waals surface area contributed by atoms with Gasteiger partial charge in [0, 0.05) is 18.9 Å². The van der Waals surface area contributed by atoms with Gasteiger partial charge in [-0.2, -0.15) is 4.98 Å². The second-order valence-electron chi connectivity index (χ2n) is 4.70. The first-order valence-corrected chi connectivity index (χ1v) is 9.03. The molecule has 11 heteroatoms. The molecule has 0 aromatic carbocycles. The Labute approximate surface area is 132 Å². The topological polar surface area (TPSA) is 118 Å². The second kappa shape index (κ2) is 7.14. The van der Waals surface area contributed by atoms with Crippen LogP contribution in [-0.2, 0) is 30.3 Å². The monoisotopic (exact) mass is 351 g/mol. The average molecular weight is 351 g/mol. The van der Waals surface area contributed by atoms with Crippen LogP contribution in [0.1, 0.15) is 11.8 Å². The number of hydrogen-bond donors (Lipinski definition) is 2. The first-order chi connectivity index (χ1) is 10.3. The van der Waals surface area contributed by atoms with Gasteiger partial charge in [0.2, 0.25) is 0 Å². The van der Waals surface area contributed by atoms with Gasteiger partial charge in [-0.3, -0.25) is 4.57 Å². The average Bonchev–Trinajstić information content (AvgIpc) is 2.49. The molecular formula is C11H18N3O6PS. The standard InChI is InChI=1S/C11H18N3O6PS/c1-7-3-14(11(15)13-10(7)12)9-6-18-4-8(20-9)5-19-21(16,22)17-2/h3,8-9H,4-6H2,1-2H3,(H,16,22)(H2,12,13,15)/t8?,9-,21?/m1/s1. The summed E-state index contributed by atoms with van der Waals surface area (Å²) in [4.78, 5) is 25.2. The molecule has 0 spiro atoms. The van der Waals surface area contributed by atoms with Gasteiger partial charge in [0.25, 0.3) is 0 Å². The lowest BCUT2D eigenvalue weighted by Crippen LogP contribution is -2.41. The maximum absolute atomic E-state index is 11.9. The minimum Gasteiger partial charge on any atom is -0.383 e. The van der Waals surface area contributed by atoms with E-state index >= 15 is 0 Å². The Morgan fingerprint density at radius 2 is 2.36 bits per heavy atom. The van der Waals surface area contributed by atoms with Crippen LogP contribution in [0.5, 0.6) is 0 Å². The predicted octanol–water partition coefficient (Wildman–Crippen LogP) is -0.0723. The summed E-state index contributed by atoms with van der Waals surface area (Å²) in [5.41, 5.74) is 5.72. The Morgan fingerprint density at radius 3 is 3.05 bits per heavy atom. The van der Waals surface area contributed by atoms with E-state index < -0.39 is 24.7 Å². The van der Waals surface area contributed by atoms with Crippen LogP contribution in [0.25, 0.3) is 0 Å². The van der Waals surface area contributed by atoms with Crippen molar-refractivity contribution in [1.29, 1.82) is 0 Å². The lowest BCUT2D eigenvalue weighted by Gasteiger charge is -2.31. The number of anilines is 1. The van der Waals surface area contributed by atoms with Gasteiger partial charge < -0.3 is 29.1 Å². The number of hydrogen-bond acceptors (Lipinski definition) is 8. The molecule has 2 heterocycles. The fourth-order valence-electron chi connectivity index (χ4n) is 1.85. The number of nitrogen functional groups attached to an aromatic ring is 1. The molecule has 0 radical (unpaired) electrons. The summed E-state index contributed by atoms with van der Waals surface area (Å²) in [5, 5.41) is 0. The molecule has 2 unspecified atom stereocenters. The summed E-state index contributed by atoms with van der Waals surface area (Å²) < 4.78 is 22.2. The summed E-state index contributed by atoms with van der Waals surface area (Å²) in [6.45, 7) is -1.07. The van der Waals surface area contributed by atoms with Gasteiger partial charge in [-0.05, 0) is 18.7 Å². The molecule has 1 aromatic heterocycles. The van der Waals surface area contributed by atoms with Gasteiger partial charge in [0.1, 0.15) is 11.9 Å². The van der Waals surface area contributed by atoms with Gasteiger partial charge in [0.15, 0.2) is 6.23 Å². The van der Waals surface area contributed by atoms with E-state index in [1.54, 1.807) is 13.1 Å². The first kappa shape index (κ1) is 17.5. The molecule has 1 aliphatic rings. The Bertz CT molecular complexity index is 639. The molecule has 124 valence electrons. The lowest BCUT2D eigenvalue weighted by atomic mass is 10.3. The van der Waals surface area contributed by atoms with Crippen molar-refractivity contribution in [3.8, 4) is 0 Å². The molecule has 0 bridgehead atoms. The molecule has 1 saturated heterocycles. The quantitative estimate of drug-likeness (QED) is 0.703. The zero-order chi connectivity index (χ0) is 16.3. The van der Waals surface area contributed by atoms with Gasteiger partial charge in [-0.25, -0.2) is 4.79 Å². The fraction of sp³-hybridized carbons (Fsp3) is 0.636. The van der Waals surface area contributed by atoms with E-state index in [1.807, 2.05) is 0 Å². The maximum Gasteiger partial charge on any atom is 0.351 e. The van der Waals surface area contributed by atoms with E-state index in [4.69, 9.17) is 31.5 Å². The smallest absolute Gasteiger partial charge is 0.351 e. The molecule has 2 rings (SSSR count). The Kier molecular flexibility index (Phi) is 5.67. The molecule has 3 N–H and O–H groups in total. The number of ether oxygens (including phenoxy) is 2. The molecule has 3 atom stereocenters. The van der Waals surface area contributed by atoms with Crippen molar-refractivity contribution in [2.45, 2.75) is 19.3 Å². The summed E-state index contributed by atoms with van der Waals surface area (Å²) in [6.07, 6.45) is 0.418. The van der Waals surface area contributed by atoms with Gasteiger partial charge in [-0.15, -0.1) is 0 Å². The number of nitrogens with two attached hydrogens (primary N) is 1. The molecule has 0 amide bonds. The van der Waals surface area contributed by atoms with E-state index in [0.717, 1.165) is 0 Å². The molecule has 1 aliphatic heterocycles. The molecule has 1 fully saturated rings. The minimum absolute atomic E-state index is 0.00570. The highest BCUT2D eigenvalue weighted by Gasteiger charge is 2.27. The zero-order valence-corrected chi connectivity index (χ0v) is 13.9. The third kappa shape index (κ3) is 4.32.